The van der Waals surface area contributed by atoms with E-state index in [2.05, 4.69) is 13.8 Å². The molecule has 204 valence electrons. The van der Waals surface area contributed by atoms with Crippen LogP contribution in [-0.2, 0) is 14.3 Å². The highest BCUT2D eigenvalue weighted by Gasteiger charge is 2.14. The molecule has 0 fully saturated rings. The minimum atomic E-state index is -0.105. The number of hydrogen-bond acceptors (Lipinski definition) is 3. The Hall–Kier alpha value is -0.570. The first-order chi connectivity index (χ1) is 16.6. The van der Waals surface area contributed by atoms with Crippen molar-refractivity contribution in [1.29, 1.82) is 0 Å². The van der Waals surface area contributed by atoms with Crippen molar-refractivity contribution in [3.63, 3.8) is 0 Å². The summed E-state index contributed by atoms with van der Waals surface area (Å²) in [6.45, 7) is 9.57. The Labute approximate surface area is 214 Å². The summed E-state index contributed by atoms with van der Waals surface area (Å²) in [7, 11) is 0. The van der Waals surface area contributed by atoms with Crippen LogP contribution in [0.2, 0.25) is 0 Å². The van der Waals surface area contributed by atoms with Crippen LogP contribution >= 0.6 is 0 Å². The maximum absolute atomic E-state index is 11.9. The van der Waals surface area contributed by atoms with E-state index >= 15 is 0 Å². The number of hydrogen-bond donors (Lipinski definition) is 0. The SMILES string of the molecule is CCCCCCCCCCCCCC(COC(=O)C(C)C)OCCCCCCCCCCCC. The number of rotatable bonds is 27. The van der Waals surface area contributed by atoms with Crippen molar-refractivity contribution in [2.24, 2.45) is 5.92 Å². The van der Waals surface area contributed by atoms with Gasteiger partial charge in [-0.1, -0.05) is 156 Å². The zero-order valence-electron chi connectivity index (χ0n) is 23.9. The molecule has 1 unspecified atom stereocenters. The van der Waals surface area contributed by atoms with Gasteiger partial charge < -0.3 is 9.47 Å². The molecule has 0 saturated heterocycles. The standard InChI is InChI=1S/C31H62O3/c1-5-7-9-11-13-15-17-18-20-22-24-26-30(28-34-31(32)29(3)4)33-27-25-23-21-19-16-14-12-10-8-6-2/h29-30H,5-28H2,1-4H3. The number of carbonyl (C=O) groups is 1. The second-order valence-corrected chi connectivity index (χ2v) is 10.8. The topological polar surface area (TPSA) is 35.5 Å². The van der Waals surface area contributed by atoms with E-state index in [1.807, 2.05) is 13.8 Å². The third-order valence-electron chi connectivity index (χ3n) is 6.86. The molecule has 3 heteroatoms. The Morgan fingerprint density at radius 1 is 0.559 bits per heavy atom. The Kier molecular flexibility index (Phi) is 26.6. The van der Waals surface area contributed by atoms with Crippen LogP contribution in [0, 0.1) is 5.92 Å². The molecule has 0 N–H and O–H groups in total. The largest absolute Gasteiger partial charge is 0.463 e. The van der Waals surface area contributed by atoms with E-state index in [0.717, 1.165) is 19.4 Å². The molecule has 0 saturated carbocycles. The Bertz CT molecular complexity index is 381. The normalized spacial score (nSPS) is 12.4. The van der Waals surface area contributed by atoms with E-state index < -0.39 is 0 Å². The molecule has 0 spiro atoms. The van der Waals surface area contributed by atoms with Gasteiger partial charge in [-0.3, -0.25) is 4.79 Å². The zero-order chi connectivity index (χ0) is 25.1. The third kappa shape index (κ3) is 24.6. The van der Waals surface area contributed by atoms with Crippen molar-refractivity contribution in [1.82, 2.24) is 0 Å². The fraction of sp³-hybridized carbons (Fsp3) is 0.968. The first-order valence-corrected chi connectivity index (χ1v) is 15.4. The van der Waals surface area contributed by atoms with Gasteiger partial charge in [-0.15, -0.1) is 0 Å². The smallest absolute Gasteiger partial charge is 0.308 e. The molecular formula is C31H62O3. The van der Waals surface area contributed by atoms with Gasteiger partial charge in [-0.2, -0.15) is 0 Å². The molecule has 3 nitrogen and oxygen atoms in total. The monoisotopic (exact) mass is 482 g/mol. The zero-order valence-corrected chi connectivity index (χ0v) is 23.9. The summed E-state index contributed by atoms with van der Waals surface area (Å²) in [5.41, 5.74) is 0. The molecule has 0 aliphatic heterocycles. The van der Waals surface area contributed by atoms with Crippen LogP contribution in [0.3, 0.4) is 0 Å². The molecule has 1 atom stereocenters. The summed E-state index contributed by atoms with van der Waals surface area (Å²) in [6, 6.07) is 0. The fourth-order valence-electron chi connectivity index (χ4n) is 4.43. The lowest BCUT2D eigenvalue weighted by molar-refractivity contribution is -0.151. The number of unbranched alkanes of at least 4 members (excludes halogenated alkanes) is 19. The Morgan fingerprint density at radius 2 is 0.941 bits per heavy atom. The van der Waals surface area contributed by atoms with Gasteiger partial charge in [0.05, 0.1) is 12.0 Å². The second kappa shape index (κ2) is 27.0. The van der Waals surface area contributed by atoms with E-state index in [4.69, 9.17) is 9.47 Å². The average Bonchev–Trinajstić information content (AvgIpc) is 2.83. The van der Waals surface area contributed by atoms with Gasteiger partial charge in [0.1, 0.15) is 6.61 Å². The highest BCUT2D eigenvalue weighted by Crippen LogP contribution is 2.15. The van der Waals surface area contributed by atoms with Gasteiger partial charge >= 0.3 is 5.97 Å². The first kappa shape index (κ1) is 33.4. The lowest BCUT2D eigenvalue weighted by atomic mass is 10.0. The average molecular weight is 483 g/mol. The minimum absolute atomic E-state index is 0.0652. The molecule has 34 heavy (non-hydrogen) atoms. The third-order valence-corrected chi connectivity index (χ3v) is 6.86. The molecule has 0 aliphatic rings. The van der Waals surface area contributed by atoms with E-state index in [0.29, 0.717) is 6.61 Å². The quantitative estimate of drug-likeness (QED) is 0.0862. The van der Waals surface area contributed by atoms with Crippen LogP contribution in [0.15, 0.2) is 0 Å². The summed E-state index contributed by atoms with van der Waals surface area (Å²) < 4.78 is 11.7. The number of esters is 1. The van der Waals surface area contributed by atoms with Crippen LogP contribution in [-0.4, -0.2) is 25.3 Å². The molecule has 0 bridgehead atoms. The van der Waals surface area contributed by atoms with Gasteiger partial charge in [-0.05, 0) is 12.8 Å². The Balaban J connectivity index is 3.82. The molecule has 0 aliphatic carbocycles. The maximum Gasteiger partial charge on any atom is 0.308 e. The van der Waals surface area contributed by atoms with Crippen molar-refractivity contribution < 1.29 is 14.3 Å². The minimum Gasteiger partial charge on any atom is -0.463 e. The Morgan fingerprint density at radius 3 is 1.35 bits per heavy atom. The molecule has 0 amide bonds. The predicted octanol–water partition coefficient (Wildman–Crippen LogP) is 10.2. The van der Waals surface area contributed by atoms with Crippen LogP contribution in [0.5, 0.6) is 0 Å². The molecule has 0 aromatic carbocycles. The molecule has 0 aromatic rings. The number of carbonyl (C=O) groups excluding carboxylic acids is 1. The van der Waals surface area contributed by atoms with Crippen LogP contribution in [0.4, 0.5) is 0 Å². The highest BCUT2D eigenvalue weighted by molar-refractivity contribution is 5.71. The molecule has 0 rings (SSSR count). The highest BCUT2D eigenvalue weighted by atomic mass is 16.6. The lowest BCUT2D eigenvalue weighted by Crippen LogP contribution is -2.24. The van der Waals surface area contributed by atoms with Crippen molar-refractivity contribution >= 4 is 5.97 Å². The van der Waals surface area contributed by atoms with Gasteiger partial charge in [0.25, 0.3) is 0 Å². The van der Waals surface area contributed by atoms with Crippen molar-refractivity contribution in [2.45, 2.75) is 175 Å². The maximum atomic E-state index is 11.9. The summed E-state index contributed by atoms with van der Waals surface area (Å²) in [6.07, 6.45) is 29.4. The van der Waals surface area contributed by atoms with Gasteiger partial charge in [-0.25, -0.2) is 0 Å². The van der Waals surface area contributed by atoms with Crippen LogP contribution < -0.4 is 0 Å². The number of ether oxygens (including phenoxy) is 2. The van der Waals surface area contributed by atoms with Gasteiger partial charge in [0, 0.05) is 6.61 Å². The van der Waals surface area contributed by atoms with Crippen molar-refractivity contribution in [3.8, 4) is 0 Å². The lowest BCUT2D eigenvalue weighted by Gasteiger charge is -2.19. The van der Waals surface area contributed by atoms with E-state index in [9.17, 15) is 4.79 Å². The van der Waals surface area contributed by atoms with Crippen molar-refractivity contribution in [2.75, 3.05) is 13.2 Å². The summed E-state index contributed by atoms with van der Waals surface area (Å²) in [5, 5.41) is 0. The first-order valence-electron chi connectivity index (χ1n) is 15.4. The molecule has 0 heterocycles. The van der Waals surface area contributed by atoms with Crippen LogP contribution in [0.1, 0.15) is 169 Å². The molecule has 0 radical (unpaired) electrons. The van der Waals surface area contributed by atoms with Crippen molar-refractivity contribution in [3.05, 3.63) is 0 Å². The van der Waals surface area contributed by atoms with E-state index in [1.165, 1.54) is 128 Å². The summed E-state index contributed by atoms with van der Waals surface area (Å²) in [4.78, 5) is 11.9. The summed E-state index contributed by atoms with van der Waals surface area (Å²) >= 11 is 0. The second-order valence-electron chi connectivity index (χ2n) is 10.8. The predicted molar refractivity (Wildman–Crippen MR) is 148 cm³/mol. The van der Waals surface area contributed by atoms with Gasteiger partial charge in [0.2, 0.25) is 0 Å². The molecule has 0 aromatic heterocycles. The summed E-state index contributed by atoms with van der Waals surface area (Å²) in [5.74, 6) is -0.170. The van der Waals surface area contributed by atoms with E-state index in [1.54, 1.807) is 0 Å². The van der Waals surface area contributed by atoms with Gasteiger partial charge in [0.15, 0.2) is 0 Å². The van der Waals surface area contributed by atoms with Crippen LogP contribution in [0.25, 0.3) is 0 Å². The van der Waals surface area contributed by atoms with E-state index in [-0.39, 0.29) is 18.0 Å². The fourth-order valence-corrected chi connectivity index (χ4v) is 4.43. The molecular weight excluding hydrogens is 420 g/mol.